The smallest absolute Gasteiger partial charge is 0.408 e. The number of ketones is 1. The third-order valence-corrected chi connectivity index (χ3v) is 19.2. The normalized spacial score (nSPS) is 31.9. The van der Waals surface area contributed by atoms with E-state index in [-0.39, 0.29) is 29.7 Å². The molecular weight excluding hydrogens is 855 g/mol. The molecule has 4 N–H and O–H groups in total. The Morgan fingerprint density at radius 2 is 1.49 bits per heavy atom. The van der Waals surface area contributed by atoms with Gasteiger partial charge in [0, 0.05) is 36.2 Å². The molecule has 2 unspecified atom stereocenters. The standard InChI is InChI=1S/C49H67NO14Si/c1-27-31(60-42(56)37(64-65(12,13)45(6,7)8)35(29-20-16-14-17-21-29)50-43(57)63-44(3,4)5)25-49(58)40(61-41(55)30-22-18-15-19-23-30)38-47(11,39(54)36(53)34(27)46(49,9)10)32(52)24-33-48(38,26-59-33)62-28(2)51/h14-23,31-33,35,37-40,52,54,58H,24-26H2,1-13H3,(H,50,57)/t31-,32-,33+,35-,37+,38?,39?,40-,47+,48-,49+/m0/s1. The summed E-state index contributed by atoms with van der Waals surface area (Å²) < 4.78 is 37.5. The van der Waals surface area contributed by atoms with Crippen LogP contribution in [0.2, 0.25) is 18.1 Å². The van der Waals surface area contributed by atoms with E-state index in [4.69, 9.17) is 28.1 Å². The number of carbonyl (C=O) groups excluding carboxylic acids is 5. The van der Waals surface area contributed by atoms with E-state index in [0.717, 1.165) is 0 Å². The molecule has 4 aliphatic rings. The quantitative estimate of drug-likeness (QED) is 0.117. The number of amides is 1. The Morgan fingerprint density at radius 3 is 2.02 bits per heavy atom. The largest absolute Gasteiger partial charge is 0.456 e. The molecule has 356 valence electrons. The zero-order valence-electron chi connectivity index (χ0n) is 39.8. The van der Waals surface area contributed by atoms with Crippen molar-refractivity contribution in [2.45, 2.75) is 167 Å². The lowest BCUT2D eigenvalue weighted by Gasteiger charge is -2.68. The Hall–Kier alpha value is -4.45. The zero-order chi connectivity index (χ0) is 48.5. The highest BCUT2D eigenvalue weighted by Crippen LogP contribution is 2.64. The third kappa shape index (κ3) is 8.82. The first-order chi connectivity index (χ1) is 29.9. The first-order valence-electron chi connectivity index (χ1n) is 22.3. The van der Waals surface area contributed by atoms with Gasteiger partial charge in [-0.3, -0.25) is 9.59 Å². The van der Waals surface area contributed by atoms with Crippen LogP contribution in [0, 0.1) is 16.7 Å². The minimum absolute atomic E-state index is 0.106. The number of fused-ring (bicyclic) bond motifs is 5. The fourth-order valence-electron chi connectivity index (χ4n) is 10.1. The average Bonchev–Trinajstić information content (AvgIpc) is 3.20. The predicted molar refractivity (Wildman–Crippen MR) is 240 cm³/mol. The van der Waals surface area contributed by atoms with Gasteiger partial charge in [0.2, 0.25) is 0 Å². The molecule has 2 bridgehead atoms. The van der Waals surface area contributed by atoms with Crippen LogP contribution in [0.15, 0.2) is 71.8 Å². The molecule has 1 amide bonds. The van der Waals surface area contributed by atoms with Crippen LogP contribution >= 0.6 is 0 Å². The second kappa shape index (κ2) is 17.3. The molecule has 2 saturated carbocycles. The number of esters is 3. The maximum absolute atomic E-state index is 15.2. The van der Waals surface area contributed by atoms with Crippen LogP contribution in [0.3, 0.4) is 0 Å². The van der Waals surface area contributed by atoms with Gasteiger partial charge >= 0.3 is 24.0 Å². The van der Waals surface area contributed by atoms with E-state index in [1.807, 2.05) is 33.9 Å². The summed E-state index contributed by atoms with van der Waals surface area (Å²) in [4.78, 5) is 71.3. The second-order valence-electron chi connectivity index (χ2n) is 21.5. The van der Waals surface area contributed by atoms with Crippen molar-refractivity contribution in [3.05, 3.63) is 82.9 Å². The molecule has 65 heavy (non-hydrogen) atoms. The van der Waals surface area contributed by atoms with E-state index in [2.05, 4.69) is 5.32 Å². The number of rotatable bonds is 10. The maximum atomic E-state index is 15.2. The van der Waals surface area contributed by atoms with Gasteiger partial charge in [-0.1, -0.05) is 90.1 Å². The van der Waals surface area contributed by atoms with Crippen LogP contribution in [-0.2, 0) is 42.5 Å². The van der Waals surface area contributed by atoms with Crippen LogP contribution in [0.4, 0.5) is 4.79 Å². The molecule has 16 heteroatoms. The van der Waals surface area contributed by atoms with Gasteiger partial charge in [0.05, 0.1) is 30.2 Å². The molecular formula is C49H67NO14Si. The molecule has 0 aromatic heterocycles. The molecule has 11 atom stereocenters. The van der Waals surface area contributed by atoms with E-state index in [9.17, 15) is 29.7 Å². The maximum Gasteiger partial charge on any atom is 0.408 e. The first kappa shape index (κ1) is 50.0. The number of Topliss-reactive ketones (excluding diaryl/α,β-unsaturated/α-hetero) is 1. The zero-order valence-corrected chi connectivity index (χ0v) is 40.8. The fraction of sp³-hybridized carbons (Fsp3) is 0.612. The van der Waals surface area contributed by atoms with Crippen molar-refractivity contribution in [1.29, 1.82) is 0 Å². The summed E-state index contributed by atoms with van der Waals surface area (Å²) in [6.45, 7) is 22.1. The summed E-state index contributed by atoms with van der Waals surface area (Å²) in [7, 11) is -2.90. The topological polar surface area (TPSA) is 213 Å². The van der Waals surface area contributed by atoms with Gasteiger partial charge in [0.1, 0.15) is 35.6 Å². The molecule has 3 fully saturated rings. The monoisotopic (exact) mass is 921 g/mol. The molecule has 6 rings (SSSR count). The Bertz CT molecular complexity index is 2200. The van der Waals surface area contributed by atoms with Gasteiger partial charge in [-0.05, 0) is 69.1 Å². The van der Waals surface area contributed by atoms with E-state index in [1.54, 1.807) is 90.1 Å². The number of hydrogen-bond acceptors (Lipinski definition) is 14. The van der Waals surface area contributed by atoms with Gasteiger partial charge in [0.15, 0.2) is 25.8 Å². The molecule has 1 heterocycles. The summed E-state index contributed by atoms with van der Waals surface area (Å²) in [6.07, 6.45) is -10.6. The fourth-order valence-corrected chi connectivity index (χ4v) is 11.4. The number of benzene rings is 2. The van der Waals surface area contributed by atoms with E-state index in [1.165, 1.54) is 26.0 Å². The molecule has 3 aliphatic carbocycles. The minimum Gasteiger partial charge on any atom is -0.456 e. The number of hydrogen-bond donors (Lipinski definition) is 4. The minimum atomic E-state index is -2.90. The number of alkyl carbamates (subject to hydrolysis) is 1. The van der Waals surface area contributed by atoms with Crippen molar-refractivity contribution in [3.63, 3.8) is 0 Å². The number of nitrogens with one attached hydrogen (secondary N) is 1. The molecule has 0 spiro atoms. The number of aliphatic hydroxyl groups is 3. The van der Waals surface area contributed by atoms with Crippen molar-refractivity contribution in [2.24, 2.45) is 16.7 Å². The highest BCUT2D eigenvalue weighted by Gasteiger charge is 2.78. The van der Waals surface area contributed by atoms with Crippen LogP contribution in [0.25, 0.3) is 0 Å². The highest BCUT2D eigenvalue weighted by atomic mass is 28.4. The van der Waals surface area contributed by atoms with Gasteiger partial charge in [-0.2, -0.15) is 0 Å². The van der Waals surface area contributed by atoms with E-state index >= 15 is 9.59 Å². The Kier molecular flexibility index (Phi) is 13.3. The highest BCUT2D eigenvalue weighted by molar-refractivity contribution is 6.74. The van der Waals surface area contributed by atoms with Crippen molar-refractivity contribution in [2.75, 3.05) is 6.61 Å². The van der Waals surface area contributed by atoms with Crippen LogP contribution in [0.1, 0.15) is 111 Å². The lowest BCUT2D eigenvalue weighted by Crippen LogP contribution is -2.82. The Balaban J connectivity index is 1.55. The van der Waals surface area contributed by atoms with Crippen LogP contribution in [-0.4, -0.2) is 113 Å². The van der Waals surface area contributed by atoms with E-state index in [0.29, 0.717) is 5.56 Å². The van der Waals surface area contributed by atoms with Crippen LogP contribution in [0.5, 0.6) is 0 Å². The number of carbonyl (C=O) groups is 5. The summed E-state index contributed by atoms with van der Waals surface area (Å²) in [5.41, 5.74) is -7.84. The van der Waals surface area contributed by atoms with Crippen molar-refractivity contribution in [3.8, 4) is 0 Å². The molecule has 1 aliphatic heterocycles. The Labute approximate surface area is 382 Å². The average molecular weight is 922 g/mol. The van der Waals surface area contributed by atoms with Crippen molar-refractivity contribution >= 4 is 38.1 Å². The number of ether oxygens (including phenoxy) is 5. The third-order valence-electron chi connectivity index (χ3n) is 14.8. The summed E-state index contributed by atoms with van der Waals surface area (Å²) >= 11 is 0. The molecule has 0 radical (unpaired) electrons. The molecule has 1 saturated heterocycles. The summed E-state index contributed by atoms with van der Waals surface area (Å²) in [6, 6.07) is 15.6. The van der Waals surface area contributed by atoms with Gasteiger partial charge in [-0.15, -0.1) is 0 Å². The van der Waals surface area contributed by atoms with Crippen molar-refractivity contribution < 1.29 is 67.4 Å². The first-order valence-corrected chi connectivity index (χ1v) is 25.2. The molecule has 15 nitrogen and oxygen atoms in total. The predicted octanol–water partition coefficient (Wildman–Crippen LogP) is 6.29. The van der Waals surface area contributed by atoms with Crippen LogP contribution < -0.4 is 5.32 Å². The van der Waals surface area contributed by atoms with E-state index < -0.39 is 126 Å². The summed E-state index contributed by atoms with van der Waals surface area (Å²) in [5, 5.41) is 40.7. The lowest BCUT2D eigenvalue weighted by atomic mass is 9.44. The number of aliphatic hydroxyl groups excluding tert-OH is 2. The van der Waals surface area contributed by atoms with Gasteiger partial charge in [0.25, 0.3) is 0 Å². The van der Waals surface area contributed by atoms with Crippen molar-refractivity contribution in [1.82, 2.24) is 5.32 Å². The lowest BCUT2D eigenvalue weighted by molar-refractivity contribution is -0.357. The second-order valence-corrected chi connectivity index (χ2v) is 26.2. The summed E-state index contributed by atoms with van der Waals surface area (Å²) in [5.74, 6) is -4.92. The van der Waals surface area contributed by atoms with Gasteiger partial charge in [-0.25, -0.2) is 14.4 Å². The van der Waals surface area contributed by atoms with Gasteiger partial charge < -0.3 is 48.7 Å². The molecule has 2 aromatic carbocycles. The Morgan fingerprint density at radius 1 is 0.908 bits per heavy atom. The SMILES string of the molecule is CC(=O)O[C@@]12CO[C@@H]1C[C@H](O)[C@@]1(C)C(O)C(=O)C3=C(C)[C@@H](OC(=O)[C@H](O[Si](C)(C)C(C)(C)C)[C@@H](NC(=O)OC(C)(C)C)c4ccccc4)C[C@@](O)([C@@H](OC(=O)c4ccccc4)C12)C3(C)C. The molecule has 2 aromatic rings.